The molecule has 120 valence electrons. The van der Waals surface area contributed by atoms with Gasteiger partial charge < -0.3 is 5.11 Å². The highest BCUT2D eigenvalue weighted by molar-refractivity contribution is 5.08. The minimum atomic E-state index is -0.682. The summed E-state index contributed by atoms with van der Waals surface area (Å²) in [4.78, 5) is 0. The van der Waals surface area contributed by atoms with Crippen LogP contribution >= 0.6 is 0 Å². The second-order valence-electron chi connectivity index (χ2n) is 7.34. The Morgan fingerprint density at radius 2 is 1.71 bits per heavy atom. The molecule has 21 heavy (non-hydrogen) atoms. The molecule has 1 nitrogen and oxygen atoms in total. The Morgan fingerprint density at radius 3 is 2.38 bits per heavy atom. The zero-order valence-corrected chi connectivity index (χ0v) is 14.7. The smallest absolute Gasteiger partial charge is 0.0802 e. The molecule has 1 unspecified atom stereocenters. The average molecular weight is 290 g/mol. The van der Waals surface area contributed by atoms with Crippen LogP contribution in [0.15, 0.2) is 35.5 Å². The van der Waals surface area contributed by atoms with Crippen LogP contribution in [0.4, 0.5) is 0 Å². The first kappa shape index (κ1) is 18.2. The van der Waals surface area contributed by atoms with Crippen LogP contribution < -0.4 is 0 Å². The van der Waals surface area contributed by atoms with E-state index in [4.69, 9.17) is 0 Å². The van der Waals surface area contributed by atoms with Gasteiger partial charge >= 0.3 is 0 Å². The first-order valence-electron chi connectivity index (χ1n) is 8.53. The van der Waals surface area contributed by atoms with Crippen molar-refractivity contribution in [3.63, 3.8) is 0 Å². The molecule has 0 heterocycles. The molecule has 1 aliphatic rings. The Bertz CT molecular complexity index is 396. The summed E-state index contributed by atoms with van der Waals surface area (Å²) in [5.74, 6) is 1.18. The molecule has 0 amide bonds. The normalized spacial score (nSPS) is 29.8. The molecule has 0 bridgehead atoms. The zero-order chi connectivity index (χ0) is 15.9. The van der Waals surface area contributed by atoms with Crippen LogP contribution in [0.2, 0.25) is 0 Å². The largest absolute Gasteiger partial charge is 0.386 e. The second kappa shape index (κ2) is 8.58. The Hall–Kier alpha value is -0.820. The van der Waals surface area contributed by atoms with Gasteiger partial charge in [0.2, 0.25) is 0 Å². The summed E-state index contributed by atoms with van der Waals surface area (Å²) in [6, 6.07) is 0. The quantitative estimate of drug-likeness (QED) is 0.604. The fourth-order valence-electron chi connectivity index (χ4n) is 2.82. The molecular formula is C20H34O. The van der Waals surface area contributed by atoms with E-state index in [0.29, 0.717) is 11.8 Å². The fraction of sp³-hybridized carbons (Fsp3) is 0.700. The van der Waals surface area contributed by atoms with E-state index >= 15 is 0 Å². The predicted molar refractivity (Wildman–Crippen MR) is 93.3 cm³/mol. The molecule has 0 radical (unpaired) electrons. The standard InChI is InChI=1S/C20H34O/c1-16(2)19-12-11-18(4)9-6-8-17(3)10-7-14-20(5,21)15-13-19/h9-10,13,15-16,19,21H,6-8,11-12,14H2,1-5H3/t19?,20-/m0/s1. The average Bonchev–Trinajstić information content (AvgIpc) is 2.37. The van der Waals surface area contributed by atoms with E-state index < -0.39 is 5.60 Å². The predicted octanol–water partition coefficient (Wildman–Crippen LogP) is 5.81. The molecule has 0 fully saturated rings. The molecule has 0 aromatic carbocycles. The van der Waals surface area contributed by atoms with Gasteiger partial charge in [-0.25, -0.2) is 0 Å². The molecule has 0 saturated carbocycles. The third kappa shape index (κ3) is 7.66. The van der Waals surface area contributed by atoms with Crippen LogP contribution in [-0.4, -0.2) is 10.7 Å². The van der Waals surface area contributed by atoms with Crippen molar-refractivity contribution in [1.82, 2.24) is 0 Å². The number of hydrogen-bond acceptors (Lipinski definition) is 1. The SMILES string of the molecule is CC1=CCC[C@](C)(O)C=CC(C(C)C)CCC(C)=CCC1. The lowest BCUT2D eigenvalue weighted by Gasteiger charge is -2.22. The second-order valence-corrected chi connectivity index (χ2v) is 7.34. The Kier molecular flexibility index (Phi) is 7.45. The van der Waals surface area contributed by atoms with Crippen molar-refractivity contribution < 1.29 is 5.11 Å². The third-order valence-corrected chi connectivity index (χ3v) is 4.61. The molecule has 1 aliphatic carbocycles. The van der Waals surface area contributed by atoms with Crippen molar-refractivity contribution in [1.29, 1.82) is 0 Å². The van der Waals surface area contributed by atoms with Crippen molar-refractivity contribution >= 4 is 0 Å². The lowest BCUT2D eigenvalue weighted by molar-refractivity contribution is 0.102. The van der Waals surface area contributed by atoms with Crippen LogP contribution in [0, 0.1) is 11.8 Å². The summed E-state index contributed by atoms with van der Waals surface area (Å²) in [6.45, 7) is 10.9. The highest BCUT2D eigenvalue weighted by atomic mass is 16.3. The van der Waals surface area contributed by atoms with Crippen molar-refractivity contribution in [3.8, 4) is 0 Å². The van der Waals surface area contributed by atoms with E-state index in [2.05, 4.69) is 45.9 Å². The first-order valence-corrected chi connectivity index (χ1v) is 8.53. The highest BCUT2D eigenvalue weighted by Gasteiger charge is 2.17. The summed E-state index contributed by atoms with van der Waals surface area (Å²) in [6.07, 6.45) is 15.4. The van der Waals surface area contributed by atoms with Gasteiger partial charge in [0.25, 0.3) is 0 Å². The number of allylic oxidation sites excluding steroid dienone is 5. The molecule has 1 heteroatoms. The molecular weight excluding hydrogens is 256 g/mol. The van der Waals surface area contributed by atoms with Crippen LogP contribution in [0.3, 0.4) is 0 Å². The van der Waals surface area contributed by atoms with Crippen molar-refractivity contribution in [2.24, 2.45) is 11.8 Å². The Morgan fingerprint density at radius 1 is 1.10 bits per heavy atom. The molecule has 0 aliphatic heterocycles. The summed E-state index contributed by atoms with van der Waals surface area (Å²) in [5, 5.41) is 10.5. The maximum absolute atomic E-state index is 10.5. The van der Waals surface area contributed by atoms with Gasteiger partial charge in [-0.05, 0) is 71.1 Å². The number of hydrogen-bond donors (Lipinski definition) is 1. The summed E-state index contributed by atoms with van der Waals surface area (Å²) in [7, 11) is 0. The minimum Gasteiger partial charge on any atom is -0.386 e. The van der Waals surface area contributed by atoms with Gasteiger partial charge in [-0.2, -0.15) is 0 Å². The van der Waals surface area contributed by atoms with E-state index in [-0.39, 0.29) is 0 Å². The summed E-state index contributed by atoms with van der Waals surface area (Å²) >= 11 is 0. The van der Waals surface area contributed by atoms with E-state index in [1.165, 1.54) is 17.6 Å². The zero-order valence-electron chi connectivity index (χ0n) is 14.7. The number of aliphatic hydroxyl groups is 1. The molecule has 0 aromatic rings. The molecule has 0 aromatic heterocycles. The maximum atomic E-state index is 10.5. The Balaban J connectivity index is 2.87. The van der Waals surface area contributed by atoms with E-state index in [9.17, 15) is 5.11 Å². The van der Waals surface area contributed by atoms with Crippen molar-refractivity contribution in [2.45, 2.75) is 78.7 Å². The van der Waals surface area contributed by atoms with Gasteiger partial charge in [0, 0.05) is 0 Å². The van der Waals surface area contributed by atoms with Gasteiger partial charge in [0.15, 0.2) is 0 Å². The summed E-state index contributed by atoms with van der Waals surface area (Å²) in [5.41, 5.74) is 2.26. The van der Waals surface area contributed by atoms with Crippen LogP contribution in [0.1, 0.15) is 73.1 Å². The lowest BCUT2D eigenvalue weighted by atomic mass is 9.87. The number of rotatable bonds is 1. The van der Waals surface area contributed by atoms with Gasteiger partial charge in [-0.15, -0.1) is 0 Å². The first-order chi connectivity index (χ1) is 9.80. The van der Waals surface area contributed by atoms with Crippen LogP contribution in [-0.2, 0) is 0 Å². The monoisotopic (exact) mass is 290 g/mol. The van der Waals surface area contributed by atoms with Gasteiger partial charge in [-0.1, -0.05) is 49.3 Å². The summed E-state index contributed by atoms with van der Waals surface area (Å²) < 4.78 is 0. The van der Waals surface area contributed by atoms with Crippen LogP contribution in [0.25, 0.3) is 0 Å². The third-order valence-electron chi connectivity index (χ3n) is 4.61. The molecule has 0 saturated heterocycles. The topological polar surface area (TPSA) is 20.2 Å². The molecule has 2 atom stereocenters. The Labute approximate surface area is 131 Å². The molecule has 1 N–H and O–H groups in total. The maximum Gasteiger partial charge on any atom is 0.0802 e. The van der Waals surface area contributed by atoms with E-state index in [1.807, 2.05) is 13.0 Å². The van der Waals surface area contributed by atoms with Crippen molar-refractivity contribution in [2.75, 3.05) is 0 Å². The fourth-order valence-corrected chi connectivity index (χ4v) is 2.82. The highest BCUT2D eigenvalue weighted by Crippen LogP contribution is 2.25. The van der Waals surface area contributed by atoms with Gasteiger partial charge in [-0.3, -0.25) is 0 Å². The van der Waals surface area contributed by atoms with Crippen LogP contribution in [0.5, 0.6) is 0 Å². The van der Waals surface area contributed by atoms with E-state index in [1.54, 1.807) is 0 Å². The van der Waals surface area contributed by atoms with E-state index in [0.717, 1.165) is 32.1 Å². The molecule has 1 rings (SSSR count). The minimum absolute atomic E-state index is 0.556. The van der Waals surface area contributed by atoms with Crippen molar-refractivity contribution in [3.05, 3.63) is 35.5 Å². The van der Waals surface area contributed by atoms with Gasteiger partial charge in [0.05, 0.1) is 5.60 Å². The van der Waals surface area contributed by atoms with Gasteiger partial charge in [0.1, 0.15) is 0 Å². The lowest BCUT2D eigenvalue weighted by Crippen LogP contribution is -2.21. The molecule has 0 spiro atoms.